The topological polar surface area (TPSA) is 51.2 Å². The van der Waals surface area contributed by atoms with E-state index in [4.69, 9.17) is 27.9 Å². The van der Waals surface area contributed by atoms with Gasteiger partial charge >= 0.3 is 0 Å². The van der Waals surface area contributed by atoms with E-state index in [1.54, 1.807) is 24.9 Å². The van der Waals surface area contributed by atoms with Crippen molar-refractivity contribution in [3.8, 4) is 5.75 Å². The van der Waals surface area contributed by atoms with Gasteiger partial charge in [0.05, 0.1) is 21.9 Å². The van der Waals surface area contributed by atoms with E-state index in [0.717, 1.165) is 15.3 Å². The number of benzene rings is 2. The van der Waals surface area contributed by atoms with Crippen LogP contribution in [0.5, 0.6) is 5.75 Å². The maximum Gasteiger partial charge on any atom is 0.226 e. The van der Waals surface area contributed by atoms with Crippen molar-refractivity contribution in [2.24, 2.45) is 0 Å². The Morgan fingerprint density at radius 3 is 2.72 bits per heavy atom. The number of hydrogen-bond acceptors (Lipinski definition) is 5. The van der Waals surface area contributed by atoms with Crippen LogP contribution in [0.4, 0.5) is 5.13 Å². The summed E-state index contributed by atoms with van der Waals surface area (Å²) < 4.78 is 6.01. The lowest BCUT2D eigenvalue weighted by Gasteiger charge is -2.04. The van der Waals surface area contributed by atoms with Gasteiger partial charge in [0.15, 0.2) is 5.13 Å². The molecular weight excluding hydrogens is 399 g/mol. The molecule has 130 valence electrons. The van der Waals surface area contributed by atoms with Gasteiger partial charge in [0, 0.05) is 17.1 Å². The first-order valence-electron chi connectivity index (χ1n) is 7.38. The number of anilines is 1. The minimum absolute atomic E-state index is 0.0812. The van der Waals surface area contributed by atoms with Crippen LogP contribution in [0.2, 0.25) is 10.0 Å². The molecule has 0 aliphatic carbocycles. The van der Waals surface area contributed by atoms with Crippen LogP contribution in [0.3, 0.4) is 0 Å². The summed E-state index contributed by atoms with van der Waals surface area (Å²) in [5.74, 6) is 1.41. The molecule has 0 aliphatic rings. The fourth-order valence-electron chi connectivity index (χ4n) is 2.11. The molecule has 25 heavy (non-hydrogen) atoms. The van der Waals surface area contributed by atoms with Crippen LogP contribution in [0.1, 0.15) is 6.42 Å². The summed E-state index contributed by atoms with van der Waals surface area (Å²) >= 11 is 15.1. The van der Waals surface area contributed by atoms with Gasteiger partial charge in [-0.1, -0.05) is 34.5 Å². The number of rotatable bonds is 6. The average Bonchev–Trinajstić information content (AvgIpc) is 3.02. The number of carbonyl (C=O) groups excluding carboxylic acids is 1. The molecule has 0 bridgehead atoms. The van der Waals surface area contributed by atoms with Gasteiger partial charge in [0.1, 0.15) is 11.3 Å². The third-order valence-corrected chi connectivity index (χ3v) is 6.10. The van der Waals surface area contributed by atoms with E-state index in [-0.39, 0.29) is 5.91 Å². The Balaban J connectivity index is 1.54. The van der Waals surface area contributed by atoms with E-state index >= 15 is 0 Å². The Labute approximate surface area is 163 Å². The van der Waals surface area contributed by atoms with Crippen molar-refractivity contribution in [3.63, 3.8) is 0 Å². The van der Waals surface area contributed by atoms with Crippen LogP contribution in [0.15, 0.2) is 41.3 Å². The molecule has 8 heteroatoms. The molecule has 0 fully saturated rings. The normalized spacial score (nSPS) is 10.8. The molecule has 0 aliphatic heterocycles. The number of carbonyl (C=O) groups is 1. The highest BCUT2D eigenvalue weighted by Crippen LogP contribution is 2.35. The lowest BCUT2D eigenvalue weighted by atomic mass is 10.3. The Morgan fingerprint density at radius 1 is 1.24 bits per heavy atom. The molecule has 1 N–H and O–H groups in total. The van der Waals surface area contributed by atoms with E-state index in [0.29, 0.717) is 32.9 Å². The Hall–Kier alpha value is -1.47. The van der Waals surface area contributed by atoms with E-state index in [1.165, 1.54) is 11.3 Å². The molecule has 3 rings (SSSR count). The van der Waals surface area contributed by atoms with Crippen molar-refractivity contribution in [2.75, 3.05) is 18.2 Å². The zero-order chi connectivity index (χ0) is 17.8. The fourth-order valence-corrected chi connectivity index (χ4v) is 4.26. The zero-order valence-electron chi connectivity index (χ0n) is 13.2. The van der Waals surface area contributed by atoms with Crippen LogP contribution in [-0.2, 0) is 4.79 Å². The predicted molar refractivity (Wildman–Crippen MR) is 107 cm³/mol. The standard InChI is InChI=1S/C17H14Cl2N2O2S2/c1-23-10-2-4-11(5-3-10)24-9-8-14(22)20-17-21-16-13(25-17)7-6-12(18)15(16)19/h2-7H,8-9H2,1H3,(H,20,21,22). The smallest absolute Gasteiger partial charge is 0.226 e. The monoisotopic (exact) mass is 412 g/mol. The van der Waals surface area contributed by atoms with Crippen molar-refractivity contribution in [1.29, 1.82) is 0 Å². The van der Waals surface area contributed by atoms with Crippen LogP contribution in [0.25, 0.3) is 10.2 Å². The first-order chi connectivity index (χ1) is 12.1. The summed E-state index contributed by atoms with van der Waals surface area (Å²) in [6.45, 7) is 0. The molecule has 0 unspecified atom stereocenters. The SMILES string of the molecule is COc1ccc(SCCC(=O)Nc2nc3c(Cl)c(Cl)ccc3s2)cc1. The lowest BCUT2D eigenvalue weighted by molar-refractivity contribution is -0.115. The maximum absolute atomic E-state index is 12.1. The number of ether oxygens (including phenoxy) is 1. The number of nitrogens with one attached hydrogen (secondary N) is 1. The minimum Gasteiger partial charge on any atom is -0.497 e. The third kappa shape index (κ3) is 4.58. The van der Waals surface area contributed by atoms with Crippen LogP contribution in [0, 0.1) is 0 Å². The highest BCUT2D eigenvalue weighted by Gasteiger charge is 2.12. The van der Waals surface area contributed by atoms with Gasteiger partial charge in [-0.25, -0.2) is 4.98 Å². The Kier molecular flexibility index (Phi) is 6.06. The number of aromatic nitrogens is 1. The number of methoxy groups -OCH3 is 1. The summed E-state index contributed by atoms with van der Waals surface area (Å²) in [4.78, 5) is 17.5. The highest BCUT2D eigenvalue weighted by atomic mass is 35.5. The molecule has 0 saturated carbocycles. The van der Waals surface area contributed by atoms with E-state index < -0.39 is 0 Å². The first kappa shape index (κ1) is 18.3. The van der Waals surface area contributed by atoms with E-state index in [1.807, 2.05) is 30.3 Å². The second kappa shape index (κ2) is 8.27. The van der Waals surface area contributed by atoms with Gasteiger partial charge in [0.25, 0.3) is 0 Å². The number of fused-ring (bicyclic) bond motifs is 1. The fraction of sp³-hybridized carbons (Fsp3) is 0.176. The minimum atomic E-state index is -0.0812. The Morgan fingerprint density at radius 2 is 2.00 bits per heavy atom. The molecule has 0 radical (unpaired) electrons. The second-order valence-corrected chi connectivity index (χ2v) is 8.03. The van der Waals surface area contributed by atoms with Gasteiger partial charge in [-0.3, -0.25) is 4.79 Å². The Bertz CT molecular complexity index is 898. The van der Waals surface area contributed by atoms with Crippen molar-refractivity contribution < 1.29 is 9.53 Å². The van der Waals surface area contributed by atoms with Crippen molar-refractivity contribution in [3.05, 3.63) is 46.4 Å². The number of nitrogens with zero attached hydrogens (tertiary/aromatic N) is 1. The van der Waals surface area contributed by atoms with Crippen LogP contribution in [-0.4, -0.2) is 23.8 Å². The number of hydrogen-bond donors (Lipinski definition) is 1. The highest BCUT2D eigenvalue weighted by molar-refractivity contribution is 7.99. The summed E-state index contributed by atoms with van der Waals surface area (Å²) in [7, 11) is 1.63. The van der Waals surface area contributed by atoms with Gasteiger partial charge in [-0.05, 0) is 36.4 Å². The average molecular weight is 413 g/mol. The van der Waals surface area contributed by atoms with Crippen molar-refractivity contribution >= 4 is 67.6 Å². The van der Waals surface area contributed by atoms with Crippen molar-refractivity contribution in [2.45, 2.75) is 11.3 Å². The van der Waals surface area contributed by atoms with Crippen molar-refractivity contribution in [1.82, 2.24) is 4.98 Å². The number of thioether (sulfide) groups is 1. The third-order valence-electron chi connectivity index (χ3n) is 3.36. The molecule has 1 aromatic heterocycles. The summed E-state index contributed by atoms with van der Waals surface area (Å²) in [5, 5.41) is 4.20. The zero-order valence-corrected chi connectivity index (χ0v) is 16.4. The van der Waals surface area contributed by atoms with Gasteiger partial charge in [0.2, 0.25) is 5.91 Å². The van der Waals surface area contributed by atoms with Crippen LogP contribution < -0.4 is 10.1 Å². The first-order valence-corrected chi connectivity index (χ1v) is 9.94. The maximum atomic E-state index is 12.1. The predicted octanol–water partition coefficient (Wildman–Crippen LogP) is 5.73. The molecular formula is C17H14Cl2N2O2S2. The molecule has 0 saturated heterocycles. The summed E-state index contributed by atoms with van der Waals surface area (Å²) in [6, 6.07) is 11.3. The van der Waals surface area contributed by atoms with Gasteiger partial charge in [-0.15, -0.1) is 11.8 Å². The number of amides is 1. The van der Waals surface area contributed by atoms with Crippen LogP contribution >= 0.6 is 46.3 Å². The summed E-state index contributed by atoms with van der Waals surface area (Å²) in [5.41, 5.74) is 0.613. The number of thiazole rings is 1. The molecule has 3 aromatic rings. The molecule has 4 nitrogen and oxygen atoms in total. The van der Waals surface area contributed by atoms with Gasteiger partial charge in [-0.2, -0.15) is 0 Å². The molecule has 1 amide bonds. The molecule has 1 heterocycles. The molecule has 0 atom stereocenters. The summed E-state index contributed by atoms with van der Waals surface area (Å²) in [6.07, 6.45) is 0.390. The quantitative estimate of drug-likeness (QED) is 0.524. The molecule has 0 spiro atoms. The van der Waals surface area contributed by atoms with E-state index in [2.05, 4.69) is 10.3 Å². The van der Waals surface area contributed by atoms with Gasteiger partial charge < -0.3 is 10.1 Å². The van der Waals surface area contributed by atoms with E-state index in [9.17, 15) is 4.79 Å². The largest absolute Gasteiger partial charge is 0.497 e. The molecule has 2 aromatic carbocycles. The second-order valence-electron chi connectivity index (χ2n) is 5.05. The number of halogens is 2. The lowest BCUT2D eigenvalue weighted by Crippen LogP contribution is -2.11.